The van der Waals surface area contributed by atoms with Gasteiger partial charge in [0.25, 0.3) is 0 Å². The number of benzene rings is 2. The van der Waals surface area contributed by atoms with Gasteiger partial charge < -0.3 is 5.32 Å². The normalized spacial score (nSPS) is 10.5. The second-order valence-electron chi connectivity index (χ2n) is 5.38. The van der Waals surface area contributed by atoms with E-state index < -0.39 is 0 Å². The molecule has 0 aromatic heterocycles. The first-order valence-electron chi connectivity index (χ1n) is 7.08. The monoisotopic (exact) mass is 301 g/mol. The Kier molecular flexibility index (Phi) is 5.03. The Labute approximate surface area is 131 Å². The minimum atomic E-state index is 0.0281. The highest BCUT2D eigenvalue weighted by molar-refractivity contribution is 6.31. The van der Waals surface area contributed by atoms with Gasteiger partial charge in [0.2, 0.25) is 5.91 Å². The van der Waals surface area contributed by atoms with Crippen LogP contribution in [0.5, 0.6) is 0 Å². The molecular formula is C18H20ClNO. The van der Waals surface area contributed by atoms with Gasteiger partial charge in [-0.25, -0.2) is 0 Å². The number of carbonyl (C=O) groups excluding carboxylic acids is 1. The van der Waals surface area contributed by atoms with Crippen LogP contribution in [0, 0.1) is 20.8 Å². The van der Waals surface area contributed by atoms with Gasteiger partial charge in [0, 0.05) is 17.1 Å². The first kappa shape index (κ1) is 15.6. The second kappa shape index (κ2) is 6.77. The molecule has 0 saturated heterocycles. The molecule has 0 saturated carbocycles. The van der Waals surface area contributed by atoms with E-state index in [-0.39, 0.29) is 5.91 Å². The summed E-state index contributed by atoms with van der Waals surface area (Å²) < 4.78 is 0. The zero-order valence-electron chi connectivity index (χ0n) is 12.7. The summed E-state index contributed by atoms with van der Waals surface area (Å²) in [6.07, 6.45) is 1.14. The molecule has 0 spiro atoms. The van der Waals surface area contributed by atoms with E-state index in [2.05, 4.69) is 5.32 Å². The Bertz CT molecular complexity index is 664. The average molecular weight is 302 g/mol. The Morgan fingerprint density at radius 3 is 2.57 bits per heavy atom. The first-order chi connectivity index (χ1) is 9.97. The van der Waals surface area contributed by atoms with E-state index in [0.717, 1.165) is 27.4 Å². The molecule has 0 fully saturated rings. The van der Waals surface area contributed by atoms with Crippen molar-refractivity contribution >= 4 is 23.2 Å². The molecule has 0 bridgehead atoms. The molecule has 110 valence electrons. The number of halogens is 1. The van der Waals surface area contributed by atoms with Gasteiger partial charge in [-0.1, -0.05) is 35.9 Å². The summed E-state index contributed by atoms with van der Waals surface area (Å²) in [5.41, 5.74) is 5.33. The number of anilines is 1. The van der Waals surface area contributed by atoms with E-state index in [1.807, 2.05) is 57.2 Å². The van der Waals surface area contributed by atoms with Crippen molar-refractivity contribution in [2.24, 2.45) is 0 Å². The zero-order valence-corrected chi connectivity index (χ0v) is 13.4. The number of carbonyl (C=O) groups is 1. The minimum Gasteiger partial charge on any atom is -0.326 e. The molecule has 0 radical (unpaired) electrons. The largest absolute Gasteiger partial charge is 0.326 e. The maximum atomic E-state index is 12.1. The fraction of sp³-hybridized carbons (Fsp3) is 0.278. The van der Waals surface area contributed by atoms with Crippen LogP contribution < -0.4 is 5.32 Å². The maximum absolute atomic E-state index is 12.1. The molecule has 0 heterocycles. The van der Waals surface area contributed by atoms with Crippen molar-refractivity contribution < 1.29 is 4.79 Å². The predicted molar refractivity (Wildman–Crippen MR) is 89.1 cm³/mol. The summed E-state index contributed by atoms with van der Waals surface area (Å²) >= 11 is 6.10. The summed E-state index contributed by atoms with van der Waals surface area (Å²) in [4.78, 5) is 12.1. The average Bonchev–Trinajstić information content (AvgIpc) is 2.45. The van der Waals surface area contributed by atoms with Crippen molar-refractivity contribution in [1.82, 2.24) is 0 Å². The van der Waals surface area contributed by atoms with Gasteiger partial charge in [-0.05, 0) is 61.6 Å². The molecule has 2 aromatic carbocycles. The molecule has 0 unspecified atom stereocenters. The molecule has 0 aliphatic carbocycles. The van der Waals surface area contributed by atoms with Crippen LogP contribution in [0.1, 0.15) is 28.7 Å². The summed E-state index contributed by atoms with van der Waals surface area (Å²) in [5.74, 6) is 0.0281. The van der Waals surface area contributed by atoms with Gasteiger partial charge in [0.1, 0.15) is 0 Å². The summed E-state index contributed by atoms with van der Waals surface area (Å²) in [5, 5.41) is 3.73. The van der Waals surface area contributed by atoms with Crippen molar-refractivity contribution in [2.75, 3.05) is 5.32 Å². The molecule has 1 amide bonds. The topological polar surface area (TPSA) is 29.1 Å². The van der Waals surface area contributed by atoms with Gasteiger partial charge in [-0.15, -0.1) is 0 Å². The van der Waals surface area contributed by atoms with E-state index in [9.17, 15) is 4.79 Å². The molecule has 2 rings (SSSR count). The van der Waals surface area contributed by atoms with Gasteiger partial charge in [-0.3, -0.25) is 4.79 Å². The Morgan fingerprint density at radius 1 is 1.10 bits per heavy atom. The van der Waals surface area contributed by atoms with E-state index >= 15 is 0 Å². The Morgan fingerprint density at radius 2 is 1.86 bits per heavy atom. The second-order valence-corrected chi connectivity index (χ2v) is 5.79. The van der Waals surface area contributed by atoms with Crippen LogP contribution in [0.15, 0.2) is 36.4 Å². The number of hydrogen-bond acceptors (Lipinski definition) is 1. The molecule has 0 atom stereocenters. The highest BCUT2D eigenvalue weighted by Crippen LogP contribution is 2.20. The lowest BCUT2D eigenvalue weighted by Gasteiger charge is -2.10. The van der Waals surface area contributed by atoms with Crippen LogP contribution in [-0.2, 0) is 11.2 Å². The predicted octanol–water partition coefficient (Wildman–Crippen LogP) is 4.84. The summed E-state index contributed by atoms with van der Waals surface area (Å²) in [6.45, 7) is 6.03. The lowest BCUT2D eigenvalue weighted by atomic mass is 10.1. The fourth-order valence-corrected chi connectivity index (χ4v) is 2.35. The van der Waals surface area contributed by atoms with Gasteiger partial charge in [-0.2, -0.15) is 0 Å². The van der Waals surface area contributed by atoms with Crippen molar-refractivity contribution in [3.8, 4) is 0 Å². The summed E-state index contributed by atoms with van der Waals surface area (Å²) in [6, 6.07) is 11.9. The van der Waals surface area contributed by atoms with Gasteiger partial charge in [0.15, 0.2) is 0 Å². The third kappa shape index (κ3) is 4.08. The molecule has 0 aliphatic rings. The molecule has 21 heavy (non-hydrogen) atoms. The standard InChI is InChI=1S/C18H20ClNO/c1-12-5-4-6-17(14(12)3)20-18(21)10-9-15-8-7-13(2)16(19)11-15/h4-8,11H,9-10H2,1-3H3,(H,20,21). The van der Waals surface area contributed by atoms with E-state index in [4.69, 9.17) is 11.6 Å². The lowest BCUT2D eigenvalue weighted by molar-refractivity contribution is -0.116. The summed E-state index contributed by atoms with van der Waals surface area (Å²) in [7, 11) is 0. The molecule has 1 N–H and O–H groups in total. The van der Waals surface area contributed by atoms with Gasteiger partial charge in [0.05, 0.1) is 0 Å². The van der Waals surface area contributed by atoms with Crippen LogP contribution in [0.25, 0.3) is 0 Å². The number of amides is 1. The number of aryl methyl sites for hydroxylation is 3. The van der Waals surface area contributed by atoms with Crippen LogP contribution in [0.3, 0.4) is 0 Å². The van der Waals surface area contributed by atoms with Crippen molar-refractivity contribution in [1.29, 1.82) is 0 Å². The van der Waals surface area contributed by atoms with Crippen molar-refractivity contribution in [3.05, 3.63) is 63.7 Å². The molecular weight excluding hydrogens is 282 g/mol. The molecule has 0 aliphatic heterocycles. The van der Waals surface area contributed by atoms with Gasteiger partial charge >= 0.3 is 0 Å². The Hall–Kier alpha value is -1.80. The molecule has 2 aromatic rings. The minimum absolute atomic E-state index is 0.0281. The smallest absolute Gasteiger partial charge is 0.224 e. The van der Waals surface area contributed by atoms with Crippen LogP contribution in [0.4, 0.5) is 5.69 Å². The van der Waals surface area contributed by atoms with Crippen LogP contribution in [-0.4, -0.2) is 5.91 Å². The number of rotatable bonds is 4. The first-order valence-corrected chi connectivity index (χ1v) is 7.46. The zero-order chi connectivity index (χ0) is 15.4. The number of hydrogen-bond donors (Lipinski definition) is 1. The highest BCUT2D eigenvalue weighted by atomic mass is 35.5. The van der Waals surface area contributed by atoms with Crippen molar-refractivity contribution in [2.45, 2.75) is 33.6 Å². The molecule has 3 heteroatoms. The fourth-order valence-electron chi connectivity index (χ4n) is 2.15. The van der Waals surface area contributed by atoms with Crippen LogP contribution >= 0.6 is 11.6 Å². The van der Waals surface area contributed by atoms with Crippen molar-refractivity contribution in [3.63, 3.8) is 0 Å². The lowest BCUT2D eigenvalue weighted by Crippen LogP contribution is -2.13. The quantitative estimate of drug-likeness (QED) is 0.860. The van der Waals surface area contributed by atoms with E-state index in [0.29, 0.717) is 12.8 Å². The highest BCUT2D eigenvalue weighted by Gasteiger charge is 2.07. The third-order valence-electron chi connectivity index (χ3n) is 3.76. The number of nitrogens with one attached hydrogen (secondary N) is 1. The van der Waals surface area contributed by atoms with E-state index in [1.54, 1.807) is 0 Å². The maximum Gasteiger partial charge on any atom is 0.224 e. The SMILES string of the molecule is Cc1ccc(CCC(=O)Nc2cccc(C)c2C)cc1Cl. The van der Waals surface area contributed by atoms with E-state index in [1.165, 1.54) is 5.56 Å². The van der Waals surface area contributed by atoms with Crippen LogP contribution in [0.2, 0.25) is 5.02 Å². The third-order valence-corrected chi connectivity index (χ3v) is 4.16. The molecule has 2 nitrogen and oxygen atoms in total. The Balaban J connectivity index is 1.96.